The third kappa shape index (κ3) is 1.90. The normalized spacial score (nSPS) is 11.0. The minimum Gasteiger partial charge on any atom is -0.258 e. The molecule has 0 N–H and O–H groups in total. The first-order chi connectivity index (χ1) is 9.59. The second-order valence-electron chi connectivity index (χ2n) is 5.43. The summed E-state index contributed by atoms with van der Waals surface area (Å²) in [4.78, 5) is 4.64. The van der Waals surface area contributed by atoms with Crippen LogP contribution < -0.4 is 0 Å². The molecular formula is C19H19N. The summed E-state index contributed by atoms with van der Waals surface area (Å²) in [6.07, 6.45) is 0. The van der Waals surface area contributed by atoms with E-state index in [1.165, 1.54) is 33.4 Å². The molecule has 0 aromatic carbocycles. The summed E-state index contributed by atoms with van der Waals surface area (Å²) < 4.78 is 0. The fourth-order valence-corrected chi connectivity index (χ4v) is 2.90. The maximum absolute atomic E-state index is 4.64. The van der Waals surface area contributed by atoms with Crippen LogP contribution in [-0.4, -0.2) is 4.98 Å². The maximum atomic E-state index is 4.64. The van der Waals surface area contributed by atoms with Crippen molar-refractivity contribution in [3.63, 3.8) is 0 Å². The molecule has 0 saturated heterocycles. The molecule has 1 nitrogen and oxygen atoms in total. The fourth-order valence-electron chi connectivity index (χ4n) is 2.90. The maximum Gasteiger partial charge on any atom is 0.0411 e. The van der Waals surface area contributed by atoms with E-state index in [0.717, 1.165) is 11.4 Å². The van der Waals surface area contributed by atoms with Crippen molar-refractivity contribution in [3.8, 4) is 22.3 Å². The van der Waals surface area contributed by atoms with Gasteiger partial charge < -0.3 is 0 Å². The lowest BCUT2D eigenvalue weighted by atomic mass is 9.93. The quantitative estimate of drug-likeness (QED) is 0.594. The molecule has 1 aromatic rings. The molecule has 0 amide bonds. The molecule has 0 unspecified atom stereocenters. The van der Waals surface area contributed by atoms with E-state index in [4.69, 9.17) is 0 Å². The fraction of sp³-hybridized carbons (Fsp3) is 0.211. The van der Waals surface area contributed by atoms with Crippen LogP contribution in [0, 0.1) is 27.7 Å². The van der Waals surface area contributed by atoms with Crippen molar-refractivity contribution in [3.05, 3.63) is 65.0 Å². The summed E-state index contributed by atoms with van der Waals surface area (Å²) in [5, 5.41) is 0. The van der Waals surface area contributed by atoms with E-state index in [1.807, 2.05) is 0 Å². The van der Waals surface area contributed by atoms with Crippen molar-refractivity contribution < 1.29 is 0 Å². The Morgan fingerprint density at radius 1 is 0.650 bits per heavy atom. The van der Waals surface area contributed by atoms with E-state index in [0.29, 0.717) is 0 Å². The van der Waals surface area contributed by atoms with Crippen molar-refractivity contribution in [2.24, 2.45) is 0 Å². The lowest BCUT2D eigenvalue weighted by Crippen LogP contribution is -1.99. The van der Waals surface area contributed by atoms with E-state index in [1.54, 1.807) is 0 Å². The first-order valence-electron chi connectivity index (χ1n) is 7.02. The van der Waals surface area contributed by atoms with Crippen molar-refractivity contribution >= 4 is 0 Å². The Bertz CT molecular complexity index is 730. The third-order valence-corrected chi connectivity index (χ3v) is 4.23. The largest absolute Gasteiger partial charge is 0.258 e. The molecule has 1 heterocycles. The van der Waals surface area contributed by atoms with Gasteiger partial charge in [-0.25, -0.2) is 0 Å². The number of fused-ring (bicyclic) bond motifs is 1. The summed E-state index contributed by atoms with van der Waals surface area (Å²) in [7, 11) is 0. The van der Waals surface area contributed by atoms with Gasteiger partial charge in [-0.15, -0.1) is 0 Å². The van der Waals surface area contributed by atoms with Gasteiger partial charge in [0.15, 0.2) is 0 Å². The summed E-state index contributed by atoms with van der Waals surface area (Å²) in [5.74, 6) is 0. The molecule has 100 valence electrons. The Kier molecular flexibility index (Phi) is 3.06. The third-order valence-electron chi connectivity index (χ3n) is 4.23. The Morgan fingerprint density at radius 3 is 2.00 bits per heavy atom. The highest BCUT2D eigenvalue weighted by molar-refractivity contribution is 5.89. The number of aromatic nitrogens is 1. The SMILES string of the molecule is Cc1nc(C)c(C)c(-c2ccc3cccccc2-3)c1C. The van der Waals surface area contributed by atoms with E-state index in [2.05, 4.69) is 75.1 Å². The van der Waals surface area contributed by atoms with Crippen LogP contribution in [0.5, 0.6) is 0 Å². The number of hydrogen-bond acceptors (Lipinski definition) is 1. The summed E-state index contributed by atoms with van der Waals surface area (Å²) in [6.45, 7) is 8.53. The molecule has 0 aliphatic heterocycles. The monoisotopic (exact) mass is 261 g/mol. The summed E-state index contributed by atoms with van der Waals surface area (Å²) in [5.41, 5.74) is 10.1. The molecule has 0 spiro atoms. The van der Waals surface area contributed by atoms with E-state index in [-0.39, 0.29) is 0 Å². The van der Waals surface area contributed by atoms with Crippen LogP contribution in [-0.2, 0) is 0 Å². The van der Waals surface area contributed by atoms with Crippen LogP contribution in [0.15, 0.2) is 42.5 Å². The van der Waals surface area contributed by atoms with Gasteiger partial charge in [0.05, 0.1) is 0 Å². The van der Waals surface area contributed by atoms with Gasteiger partial charge in [0.1, 0.15) is 0 Å². The van der Waals surface area contributed by atoms with Crippen LogP contribution in [0.4, 0.5) is 0 Å². The van der Waals surface area contributed by atoms with Crippen molar-refractivity contribution in [2.75, 3.05) is 0 Å². The van der Waals surface area contributed by atoms with Crippen LogP contribution in [0.2, 0.25) is 0 Å². The van der Waals surface area contributed by atoms with E-state index in [9.17, 15) is 0 Å². The molecule has 2 aliphatic rings. The lowest BCUT2D eigenvalue weighted by Gasteiger charge is -2.15. The number of aryl methyl sites for hydroxylation is 2. The van der Waals surface area contributed by atoms with Crippen LogP contribution in [0.3, 0.4) is 0 Å². The molecule has 0 bridgehead atoms. The van der Waals surface area contributed by atoms with Gasteiger partial charge in [0, 0.05) is 11.4 Å². The minimum atomic E-state index is 1.12. The number of rotatable bonds is 1. The predicted molar refractivity (Wildman–Crippen MR) is 85.2 cm³/mol. The van der Waals surface area contributed by atoms with E-state index < -0.39 is 0 Å². The van der Waals surface area contributed by atoms with Crippen LogP contribution in [0.1, 0.15) is 22.5 Å². The highest BCUT2D eigenvalue weighted by Crippen LogP contribution is 2.39. The van der Waals surface area contributed by atoms with E-state index >= 15 is 0 Å². The van der Waals surface area contributed by atoms with Crippen molar-refractivity contribution in [1.29, 1.82) is 0 Å². The Hall–Kier alpha value is -2.15. The van der Waals surface area contributed by atoms with Gasteiger partial charge in [0.2, 0.25) is 0 Å². The highest BCUT2D eigenvalue weighted by Gasteiger charge is 2.16. The Labute approximate surface area is 120 Å². The smallest absolute Gasteiger partial charge is 0.0411 e. The second-order valence-corrected chi connectivity index (χ2v) is 5.43. The van der Waals surface area contributed by atoms with Gasteiger partial charge in [0.25, 0.3) is 0 Å². The molecule has 2 aliphatic carbocycles. The topological polar surface area (TPSA) is 12.9 Å². The Balaban J connectivity index is 2.34. The number of hydrogen-bond donors (Lipinski definition) is 0. The molecule has 3 rings (SSSR count). The first-order valence-corrected chi connectivity index (χ1v) is 7.02. The molecule has 0 fully saturated rings. The van der Waals surface area contributed by atoms with Crippen LogP contribution in [0.25, 0.3) is 22.3 Å². The molecule has 0 atom stereocenters. The van der Waals surface area contributed by atoms with Gasteiger partial charge in [-0.05, 0) is 61.1 Å². The number of nitrogens with zero attached hydrogens (tertiary/aromatic N) is 1. The molecular weight excluding hydrogens is 242 g/mol. The summed E-state index contributed by atoms with van der Waals surface area (Å²) >= 11 is 0. The minimum absolute atomic E-state index is 1.12. The number of pyridine rings is 1. The van der Waals surface area contributed by atoms with Gasteiger partial charge in [-0.3, -0.25) is 4.98 Å². The molecule has 20 heavy (non-hydrogen) atoms. The highest BCUT2D eigenvalue weighted by atomic mass is 14.7. The van der Waals surface area contributed by atoms with Gasteiger partial charge in [-0.2, -0.15) is 0 Å². The van der Waals surface area contributed by atoms with Crippen molar-refractivity contribution in [1.82, 2.24) is 4.98 Å². The zero-order chi connectivity index (χ0) is 14.3. The molecule has 1 heteroatoms. The zero-order valence-electron chi connectivity index (χ0n) is 12.5. The summed E-state index contributed by atoms with van der Waals surface area (Å²) in [6, 6.07) is 15.1. The lowest BCUT2D eigenvalue weighted by molar-refractivity contribution is 1.06. The average Bonchev–Trinajstić information content (AvgIpc) is 2.67. The second kappa shape index (κ2) is 4.75. The molecule has 0 saturated carbocycles. The standard InChI is InChI=1S/C19H19N/c1-12-14(3)20-15(4)13(2)19(12)18-11-10-16-8-6-5-7-9-17(16)18/h5-11H,1-4H3. The molecule has 1 aromatic heterocycles. The first kappa shape index (κ1) is 12.9. The van der Waals surface area contributed by atoms with Gasteiger partial charge in [-0.1, -0.05) is 42.5 Å². The average molecular weight is 261 g/mol. The van der Waals surface area contributed by atoms with Gasteiger partial charge >= 0.3 is 0 Å². The molecule has 0 radical (unpaired) electrons. The van der Waals surface area contributed by atoms with Crippen LogP contribution >= 0.6 is 0 Å². The van der Waals surface area contributed by atoms with Crippen molar-refractivity contribution in [2.45, 2.75) is 27.7 Å². The Morgan fingerprint density at radius 2 is 1.30 bits per heavy atom. The predicted octanol–water partition coefficient (Wildman–Crippen LogP) is 5.09. The zero-order valence-corrected chi connectivity index (χ0v) is 12.5.